The second kappa shape index (κ2) is 8.05. The van der Waals surface area contributed by atoms with Crippen LogP contribution in [-0.2, 0) is 16.1 Å². The molecular weight excluding hydrogens is 200 g/mol. The van der Waals surface area contributed by atoms with E-state index in [0.29, 0.717) is 6.61 Å². The highest BCUT2D eigenvalue weighted by molar-refractivity contribution is 5.55. The third kappa shape index (κ3) is 5.08. The number of carbonyl (C=O) groups excluding carboxylic acids is 1. The molecule has 2 nitrogen and oxygen atoms in total. The standard InChI is InChI=1S/C14H20O2/c1-2-3-5-10-14(11-15)16-12-13-8-6-4-7-9-13/h4,6-9,11,14H,2-3,5,10,12H2,1H3/t14-/m1/s1. The van der Waals surface area contributed by atoms with E-state index in [4.69, 9.17) is 4.74 Å². The number of carbonyl (C=O) groups is 1. The Labute approximate surface area is 97.6 Å². The van der Waals surface area contributed by atoms with Gasteiger partial charge in [-0.3, -0.25) is 0 Å². The van der Waals surface area contributed by atoms with Crippen LogP contribution in [-0.4, -0.2) is 12.4 Å². The molecule has 1 rings (SSSR count). The van der Waals surface area contributed by atoms with Gasteiger partial charge in [0.05, 0.1) is 6.61 Å². The van der Waals surface area contributed by atoms with Crippen molar-refractivity contribution in [3.05, 3.63) is 35.9 Å². The summed E-state index contributed by atoms with van der Waals surface area (Å²) >= 11 is 0. The topological polar surface area (TPSA) is 26.3 Å². The minimum Gasteiger partial charge on any atom is -0.366 e. The summed E-state index contributed by atoms with van der Waals surface area (Å²) in [5.74, 6) is 0. The van der Waals surface area contributed by atoms with Crippen molar-refractivity contribution in [3.63, 3.8) is 0 Å². The average molecular weight is 220 g/mol. The Hall–Kier alpha value is -1.15. The van der Waals surface area contributed by atoms with Crippen LogP contribution in [0.3, 0.4) is 0 Å². The molecule has 0 spiro atoms. The van der Waals surface area contributed by atoms with Gasteiger partial charge in [0, 0.05) is 0 Å². The van der Waals surface area contributed by atoms with Gasteiger partial charge in [-0.15, -0.1) is 0 Å². The fourth-order valence-corrected chi connectivity index (χ4v) is 1.56. The first-order chi connectivity index (χ1) is 7.86. The van der Waals surface area contributed by atoms with Crippen molar-refractivity contribution in [2.75, 3.05) is 0 Å². The minimum atomic E-state index is -0.244. The molecule has 1 atom stereocenters. The largest absolute Gasteiger partial charge is 0.366 e. The molecule has 0 saturated carbocycles. The van der Waals surface area contributed by atoms with E-state index in [-0.39, 0.29) is 6.10 Å². The minimum absolute atomic E-state index is 0.244. The molecule has 0 unspecified atom stereocenters. The van der Waals surface area contributed by atoms with Crippen molar-refractivity contribution >= 4 is 6.29 Å². The van der Waals surface area contributed by atoms with Gasteiger partial charge in [0.15, 0.2) is 0 Å². The molecular formula is C14H20O2. The Morgan fingerprint density at radius 3 is 2.62 bits per heavy atom. The molecule has 0 heterocycles. The van der Waals surface area contributed by atoms with E-state index in [1.165, 1.54) is 12.8 Å². The molecule has 88 valence electrons. The predicted molar refractivity (Wildman–Crippen MR) is 65.2 cm³/mol. The summed E-state index contributed by atoms with van der Waals surface area (Å²) in [5, 5.41) is 0. The maximum absolute atomic E-state index is 10.8. The van der Waals surface area contributed by atoms with Gasteiger partial charge in [-0.2, -0.15) is 0 Å². The molecule has 1 aromatic rings. The molecule has 1 aromatic carbocycles. The Kier molecular flexibility index (Phi) is 6.50. The van der Waals surface area contributed by atoms with E-state index >= 15 is 0 Å². The van der Waals surface area contributed by atoms with Gasteiger partial charge in [-0.25, -0.2) is 0 Å². The SMILES string of the molecule is CCCCC[C@H](C=O)OCc1ccccc1. The van der Waals surface area contributed by atoms with Crippen LogP contribution in [0, 0.1) is 0 Å². The molecule has 0 aromatic heterocycles. The molecule has 0 N–H and O–H groups in total. The summed E-state index contributed by atoms with van der Waals surface area (Å²) < 4.78 is 5.56. The quantitative estimate of drug-likeness (QED) is 0.496. The van der Waals surface area contributed by atoms with Crippen LogP contribution in [0.5, 0.6) is 0 Å². The normalized spacial score (nSPS) is 12.3. The maximum atomic E-state index is 10.8. The number of rotatable bonds is 8. The molecule has 0 aliphatic heterocycles. The lowest BCUT2D eigenvalue weighted by atomic mass is 10.1. The third-order valence-electron chi connectivity index (χ3n) is 2.55. The number of hydrogen-bond donors (Lipinski definition) is 0. The highest BCUT2D eigenvalue weighted by Crippen LogP contribution is 2.08. The molecule has 0 radical (unpaired) electrons. The average Bonchev–Trinajstić information content (AvgIpc) is 2.35. The molecule has 0 aliphatic carbocycles. The monoisotopic (exact) mass is 220 g/mol. The van der Waals surface area contributed by atoms with Gasteiger partial charge >= 0.3 is 0 Å². The molecule has 2 heteroatoms. The summed E-state index contributed by atoms with van der Waals surface area (Å²) in [7, 11) is 0. The van der Waals surface area contributed by atoms with Crippen molar-refractivity contribution in [3.8, 4) is 0 Å². The zero-order valence-electron chi connectivity index (χ0n) is 9.89. The number of ether oxygens (including phenoxy) is 1. The smallest absolute Gasteiger partial charge is 0.148 e. The Morgan fingerprint density at radius 2 is 2.00 bits per heavy atom. The summed E-state index contributed by atoms with van der Waals surface area (Å²) in [5.41, 5.74) is 1.12. The van der Waals surface area contributed by atoms with Crippen LogP contribution in [0.4, 0.5) is 0 Å². The Morgan fingerprint density at radius 1 is 1.25 bits per heavy atom. The first kappa shape index (κ1) is 12.9. The molecule has 0 amide bonds. The van der Waals surface area contributed by atoms with Crippen LogP contribution in [0.15, 0.2) is 30.3 Å². The van der Waals surface area contributed by atoms with Gasteiger partial charge in [0.1, 0.15) is 12.4 Å². The number of aldehydes is 1. The van der Waals surface area contributed by atoms with Crippen molar-refractivity contribution in [1.29, 1.82) is 0 Å². The van der Waals surface area contributed by atoms with Crippen LogP contribution in [0.25, 0.3) is 0 Å². The van der Waals surface area contributed by atoms with Crippen molar-refractivity contribution in [2.45, 2.75) is 45.3 Å². The van der Waals surface area contributed by atoms with Gasteiger partial charge < -0.3 is 9.53 Å². The molecule has 0 saturated heterocycles. The lowest BCUT2D eigenvalue weighted by Crippen LogP contribution is -2.14. The van der Waals surface area contributed by atoms with E-state index in [2.05, 4.69) is 6.92 Å². The summed E-state index contributed by atoms with van der Waals surface area (Å²) in [4.78, 5) is 10.8. The fourth-order valence-electron chi connectivity index (χ4n) is 1.56. The van der Waals surface area contributed by atoms with Crippen molar-refractivity contribution in [2.24, 2.45) is 0 Å². The summed E-state index contributed by atoms with van der Waals surface area (Å²) in [6, 6.07) is 9.95. The first-order valence-corrected chi connectivity index (χ1v) is 5.97. The predicted octanol–water partition coefficient (Wildman–Crippen LogP) is 3.35. The maximum Gasteiger partial charge on any atom is 0.148 e. The second-order valence-corrected chi connectivity index (χ2v) is 3.97. The zero-order chi connectivity index (χ0) is 11.6. The van der Waals surface area contributed by atoms with Gasteiger partial charge in [-0.1, -0.05) is 56.5 Å². The Balaban J connectivity index is 2.26. The number of benzene rings is 1. The molecule has 0 fully saturated rings. The van der Waals surface area contributed by atoms with E-state index < -0.39 is 0 Å². The highest BCUT2D eigenvalue weighted by Gasteiger charge is 2.06. The van der Waals surface area contributed by atoms with E-state index in [1.807, 2.05) is 30.3 Å². The Bertz CT molecular complexity index is 282. The van der Waals surface area contributed by atoms with Crippen LogP contribution in [0.2, 0.25) is 0 Å². The fraction of sp³-hybridized carbons (Fsp3) is 0.500. The van der Waals surface area contributed by atoms with Crippen molar-refractivity contribution in [1.82, 2.24) is 0 Å². The van der Waals surface area contributed by atoms with E-state index in [9.17, 15) is 4.79 Å². The van der Waals surface area contributed by atoms with Crippen molar-refractivity contribution < 1.29 is 9.53 Å². The first-order valence-electron chi connectivity index (χ1n) is 5.97. The molecule has 0 aliphatic rings. The summed E-state index contributed by atoms with van der Waals surface area (Å²) in [6.45, 7) is 2.68. The highest BCUT2D eigenvalue weighted by atomic mass is 16.5. The van der Waals surface area contributed by atoms with Gasteiger partial charge in [-0.05, 0) is 12.0 Å². The van der Waals surface area contributed by atoms with E-state index in [0.717, 1.165) is 24.7 Å². The third-order valence-corrected chi connectivity index (χ3v) is 2.55. The lowest BCUT2D eigenvalue weighted by Gasteiger charge is -2.11. The number of unbranched alkanes of at least 4 members (excludes halogenated alkanes) is 2. The van der Waals surface area contributed by atoms with Gasteiger partial charge in [0.25, 0.3) is 0 Å². The van der Waals surface area contributed by atoms with Crippen LogP contribution in [0.1, 0.15) is 38.2 Å². The number of hydrogen-bond acceptors (Lipinski definition) is 2. The van der Waals surface area contributed by atoms with Crippen LogP contribution < -0.4 is 0 Å². The molecule has 0 bridgehead atoms. The van der Waals surface area contributed by atoms with E-state index in [1.54, 1.807) is 0 Å². The second-order valence-electron chi connectivity index (χ2n) is 3.97. The molecule has 16 heavy (non-hydrogen) atoms. The van der Waals surface area contributed by atoms with Crippen LogP contribution >= 0.6 is 0 Å². The van der Waals surface area contributed by atoms with Gasteiger partial charge in [0.2, 0.25) is 0 Å². The lowest BCUT2D eigenvalue weighted by molar-refractivity contribution is -0.119. The zero-order valence-corrected chi connectivity index (χ0v) is 9.89. The summed E-state index contributed by atoms with van der Waals surface area (Å²) in [6.07, 6.45) is 4.91.